The largest absolute Gasteiger partial charge is 0.317 e. The van der Waals surface area contributed by atoms with Gasteiger partial charge in [-0.05, 0) is 56.0 Å². The predicted octanol–water partition coefficient (Wildman–Crippen LogP) is 2.60. The fourth-order valence-electron chi connectivity index (χ4n) is 2.08. The minimum Gasteiger partial charge on any atom is -0.317 e. The van der Waals surface area contributed by atoms with E-state index in [4.69, 9.17) is 0 Å². The fraction of sp³-hybridized carbons (Fsp3) is 0.500. The maximum absolute atomic E-state index is 13.1. The Bertz CT molecular complexity index is 316. The molecule has 1 heterocycles. The van der Waals surface area contributed by atoms with Crippen LogP contribution in [0.4, 0.5) is 4.39 Å². The van der Waals surface area contributed by atoms with Gasteiger partial charge in [-0.2, -0.15) is 0 Å². The van der Waals surface area contributed by atoms with Gasteiger partial charge in [0.15, 0.2) is 0 Å². The van der Waals surface area contributed by atoms with Gasteiger partial charge in [0, 0.05) is 0 Å². The third-order valence-electron chi connectivity index (χ3n) is 2.99. The third-order valence-corrected chi connectivity index (χ3v) is 2.99. The average Bonchev–Trinajstić information content (AvgIpc) is 2.23. The van der Waals surface area contributed by atoms with Gasteiger partial charge in [-0.15, -0.1) is 0 Å². The summed E-state index contributed by atoms with van der Waals surface area (Å²) in [6.07, 6.45) is 2.34. The van der Waals surface area contributed by atoms with Crippen LogP contribution in [0.25, 0.3) is 0 Å². The van der Waals surface area contributed by atoms with Crippen molar-refractivity contribution in [2.24, 2.45) is 0 Å². The highest BCUT2D eigenvalue weighted by Crippen LogP contribution is 2.26. The monoisotopic (exact) mass is 193 g/mol. The van der Waals surface area contributed by atoms with Crippen LogP contribution in [0.1, 0.15) is 29.9 Å². The summed E-state index contributed by atoms with van der Waals surface area (Å²) in [4.78, 5) is 0. The average molecular weight is 193 g/mol. The zero-order valence-corrected chi connectivity index (χ0v) is 8.52. The fourth-order valence-corrected chi connectivity index (χ4v) is 2.08. The Hall–Kier alpha value is -0.890. The van der Waals surface area contributed by atoms with Crippen LogP contribution in [0.2, 0.25) is 0 Å². The lowest BCUT2D eigenvalue weighted by molar-refractivity contribution is 0.459. The predicted molar refractivity (Wildman–Crippen MR) is 56.0 cm³/mol. The standard InChI is InChI=1S/C12H16FN/c1-9-8-11(2-3-12(9)13)10-4-6-14-7-5-10/h2-3,8,10,14H,4-7H2,1H3. The van der Waals surface area contributed by atoms with E-state index in [9.17, 15) is 4.39 Å². The second kappa shape index (κ2) is 4.09. The molecular formula is C12H16FN. The van der Waals surface area contributed by atoms with Crippen LogP contribution in [0.15, 0.2) is 18.2 Å². The molecule has 1 aliphatic heterocycles. The number of hydrogen-bond acceptors (Lipinski definition) is 1. The van der Waals surface area contributed by atoms with Crippen LogP contribution in [0, 0.1) is 12.7 Å². The lowest BCUT2D eigenvalue weighted by Gasteiger charge is -2.23. The molecule has 14 heavy (non-hydrogen) atoms. The Morgan fingerprint density at radius 1 is 1.29 bits per heavy atom. The summed E-state index contributed by atoms with van der Waals surface area (Å²) in [6, 6.07) is 5.51. The highest BCUT2D eigenvalue weighted by molar-refractivity contribution is 5.27. The van der Waals surface area contributed by atoms with Gasteiger partial charge >= 0.3 is 0 Å². The summed E-state index contributed by atoms with van der Waals surface area (Å²) >= 11 is 0. The molecule has 1 N–H and O–H groups in total. The molecule has 0 aliphatic carbocycles. The number of halogens is 1. The molecule has 1 fully saturated rings. The number of rotatable bonds is 1. The number of nitrogens with one attached hydrogen (secondary N) is 1. The van der Waals surface area contributed by atoms with Crippen molar-refractivity contribution in [2.45, 2.75) is 25.7 Å². The van der Waals surface area contributed by atoms with Crippen LogP contribution in [0.5, 0.6) is 0 Å². The summed E-state index contributed by atoms with van der Waals surface area (Å²) in [7, 11) is 0. The van der Waals surface area contributed by atoms with Crippen molar-refractivity contribution in [1.29, 1.82) is 0 Å². The molecule has 2 heteroatoms. The van der Waals surface area contributed by atoms with E-state index >= 15 is 0 Å². The molecule has 0 amide bonds. The van der Waals surface area contributed by atoms with Gasteiger partial charge in [-0.1, -0.05) is 12.1 Å². The van der Waals surface area contributed by atoms with Crippen molar-refractivity contribution >= 4 is 0 Å². The van der Waals surface area contributed by atoms with Gasteiger partial charge in [-0.25, -0.2) is 4.39 Å². The van der Waals surface area contributed by atoms with E-state index in [1.807, 2.05) is 19.1 Å². The molecule has 0 bridgehead atoms. The van der Waals surface area contributed by atoms with E-state index in [-0.39, 0.29) is 5.82 Å². The zero-order chi connectivity index (χ0) is 9.97. The minimum absolute atomic E-state index is 0.0947. The number of aryl methyl sites for hydroxylation is 1. The topological polar surface area (TPSA) is 12.0 Å². The van der Waals surface area contributed by atoms with Crippen LogP contribution in [-0.4, -0.2) is 13.1 Å². The normalized spacial score (nSPS) is 18.4. The van der Waals surface area contributed by atoms with E-state index < -0.39 is 0 Å². The number of hydrogen-bond donors (Lipinski definition) is 1. The van der Waals surface area contributed by atoms with E-state index in [1.54, 1.807) is 6.07 Å². The Morgan fingerprint density at radius 3 is 2.64 bits per heavy atom. The van der Waals surface area contributed by atoms with Gasteiger partial charge < -0.3 is 5.32 Å². The van der Waals surface area contributed by atoms with Crippen molar-refractivity contribution in [1.82, 2.24) is 5.32 Å². The molecule has 0 unspecified atom stereocenters. The Balaban J connectivity index is 2.18. The van der Waals surface area contributed by atoms with Gasteiger partial charge in [0.05, 0.1) is 0 Å². The van der Waals surface area contributed by atoms with Crippen molar-refractivity contribution < 1.29 is 4.39 Å². The second-order valence-electron chi connectivity index (χ2n) is 4.03. The van der Waals surface area contributed by atoms with E-state index in [0.29, 0.717) is 5.92 Å². The van der Waals surface area contributed by atoms with Crippen molar-refractivity contribution in [3.63, 3.8) is 0 Å². The lowest BCUT2D eigenvalue weighted by Crippen LogP contribution is -2.26. The molecule has 1 aromatic rings. The lowest BCUT2D eigenvalue weighted by atomic mass is 9.89. The van der Waals surface area contributed by atoms with E-state index in [1.165, 1.54) is 18.4 Å². The summed E-state index contributed by atoms with van der Waals surface area (Å²) in [6.45, 7) is 4.00. The maximum atomic E-state index is 13.1. The second-order valence-corrected chi connectivity index (χ2v) is 4.03. The summed E-state index contributed by atoms with van der Waals surface area (Å²) < 4.78 is 13.1. The first kappa shape index (κ1) is 9.66. The number of benzene rings is 1. The third kappa shape index (κ3) is 1.95. The van der Waals surface area contributed by atoms with E-state index in [0.717, 1.165) is 18.7 Å². The van der Waals surface area contributed by atoms with Crippen LogP contribution in [-0.2, 0) is 0 Å². The Kier molecular flexibility index (Phi) is 2.82. The summed E-state index contributed by atoms with van der Waals surface area (Å²) in [5.74, 6) is 0.526. The van der Waals surface area contributed by atoms with Gasteiger partial charge in [0.2, 0.25) is 0 Å². The molecular weight excluding hydrogens is 177 g/mol. The molecule has 2 rings (SSSR count). The van der Waals surface area contributed by atoms with Crippen LogP contribution < -0.4 is 5.32 Å². The van der Waals surface area contributed by atoms with E-state index in [2.05, 4.69) is 5.32 Å². The van der Waals surface area contributed by atoms with Crippen LogP contribution in [0.3, 0.4) is 0 Å². The molecule has 0 aromatic heterocycles. The molecule has 1 aliphatic rings. The minimum atomic E-state index is -0.0947. The van der Waals surface area contributed by atoms with Crippen molar-refractivity contribution in [2.75, 3.05) is 13.1 Å². The zero-order valence-electron chi connectivity index (χ0n) is 8.52. The maximum Gasteiger partial charge on any atom is 0.126 e. The van der Waals surface area contributed by atoms with Crippen molar-refractivity contribution in [3.8, 4) is 0 Å². The van der Waals surface area contributed by atoms with Gasteiger partial charge in [-0.3, -0.25) is 0 Å². The first-order chi connectivity index (χ1) is 6.77. The first-order valence-electron chi connectivity index (χ1n) is 5.24. The molecule has 76 valence electrons. The Labute approximate surface area is 84.3 Å². The molecule has 0 radical (unpaired) electrons. The molecule has 0 atom stereocenters. The first-order valence-corrected chi connectivity index (χ1v) is 5.24. The highest BCUT2D eigenvalue weighted by Gasteiger charge is 2.15. The molecule has 1 saturated heterocycles. The molecule has 0 spiro atoms. The van der Waals surface area contributed by atoms with Gasteiger partial charge in [0.1, 0.15) is 5.82 Å². The SMILES string of the molecule is Cc1cc(C2CCNCC2)ccc1F. The van der Waals surface area contributed by atoms with Crippen LogP contribution >= 0.6 is 0 Å². The smallest absolute Gasteiger partial charge is 0.126 e. The van der Waals surface area contributed by atoms with Gasteiger partial charge in [0.25, 0.3) is 0 Å². The van der Waals surface area contributed by atoms with Crippen molar-refractivity contribution in [3.05, 3.63) is 35.1 Å². The number of piperidine rings is 1. The Morgan fingerprint density at radius 2 is 2.00 bits per heavy atom. The molecule has 1 nitrogen and oxygen atoms in total. The summed E-state index contributed by atoms with van der Waals surface area (Å²) in [5, 5.41) is 3.34. The summed E-state index contributed by atoms with van der Waals surface area (Å²) in [5.41, 5.74) is 2.06. The molecule has 0 saturated carbocycles. The highest BCUT2D eigenvalue weighted by atomic mass is 19.1. The molecule has 1 aromatic carbocycles. The quantitative estimate of drug-likeness (QED) is 0.723.